The van der Waals surface area contributed by atoms with Gasteiger partial charge in [-0.2, -0.15) is 5.10 Å². The molecule has 1 aromatic heterocycles. The Bertz CT molecular complexity index is 1120. The minimum Gasteiger partial charge on any atom is -0.348 e. The van der Waals surface area contributed by atoms with Crippen LogP contribution in [0.15, 0.2) is 48.5 Å². The molecule has 0 bridgehead atoms. The van der Waals surface area contributed by atoms with Gasteiger partial charge in [-0.3, -0.25) is 24.5 Å². The van der Waals surface area contributed by atoms with Gasteiger partial charge in [0.2, 0.25) is 0 Å². The van der Waals surface area contributed by atoms with Gasteiger partial charge in [0.25, 0.3) is 5.91 Å². The van der Waals surface area contributed by atoms with Crippen molar-refractivity contribution in [1.82, 2.24) is 20.0 Å². The predicted molar refractivity (Wildman–Crippen MR) is 128 cm³/mol. The maximum Gasteiger partial charge on any atom is 0.312 e. The van der Waals surface area contributed by atoms with Crippen molar-refractivity contribution < 1.29 is 9.72 Å². The smallest absolute Gasteiger partial charge is 0.312 e. The molecule has 0 radical (unpaired) electrons. The normalized spacial score (nSPS) is 11.1. The fraction of sp³-hybridized carbons (Fsp3) is 0.360. The summed E-state index contributed by atoms with van der Waals surface area (Å²) in [6, 6.07) is 15.4. The second-order valence-electron chi connectivity index (χ2n) is 8.04. The first kappa shape index (κ1) is 24.1. The maximum absolute atomic E-state index is 12.7. The van der Waals surface area contributed by atoms with E-state index < -0.39 is 4.92 Å². The zero-order valence-electron chi connectivity index (χ0n) is 19.7. The molecule has 0 saturated heterocycles. The van der Waals surface area contributed by atoms with Crippen LogP contribution in [0.4, 0.5) is 5.69 Å². The van der Waals surface area contributed by atoms with Crippen LogP contribution < -0.4 is 5.32 Å². The van der Waals surface area contributed by atoms with Crippen LogP contribution >= 0.6 is 0 Å². The quantitative estimate of drug-likeness (QED) is 0.369. The largest absolute Gasteiger partial charge is 0.348 e. The molecular weight excluding hydrogens is 418 g/mol. The lowest BCUT2D eigenvalue weighted by Crippen LogP contribution is -2.26. The van der Waals surface area contributed by atoms with Gasteiger partial charge in [0.1, 0.15) is 11.4 Å². The molecule has 33 heavy (non-hydrogen) atoms. The fourth-order valence-corrected chi connectivity index (χ4v) is 3.89. The number of benzene rings is 2. The minimum absolute atomic E-state index is 0.0484. The number of aryl methyl sites for hydroxylation is 1. The summed E-state index contributed by atoms with van der Waals surface area (Å²) < 4.78 is 1.62. The SMILES string of the molecule is CCN(CC)Cc1ccccc1CNC(=O)c1ccc(Cn2nc(C)c([N+](=O)[O-])c2C)cc1. The van der Waals surface area contributed by atoms with E-state index >= 15 is 0 Å². The minimum atomic E-state index is -0.401. The first-order valence-corrected chi connectivity index (χ1v) is 11.2. The van der Waals surface area contributed by atoms with E-state index in [9.17, 15) is 14.9 Å². The number of carbonyl (C=O) groups is 1. The lowest BCUT2D eigenvalue weighted by atomic mass is 10.1. The maximum atomic E-state index is 12.7. The van der Waals surface area contributed by atoms with Crippen molar-refractivity contribution >= 4 is 11.6 Å². The van der Waals surface area contributed by atoms with Gasteiger partial charge in [0.05, 0.1) is 11.5 Å². The van der Waals surface area contributed by atoms with Gasteiger partial charge in [0.15, 0.2) is 0 Å². The number of carbonyl (C=O) groups excluding carboxylic acids is 1. The molecule has 0 aliphatic rings. The van der Waals surface area contributed by atoms with Crippen molar-refractivity contribution in [2.24, 2.45) is 0 Å². The van der Waals surface area contributed by atoms with Crippen LogP contribution in [0.25, 0.3) is 0 Å². The third kappa shape index (κ3) is 5.84. The van der Waals surface area contributed by atoms with Crippen LogP contribution in [0, 0.1) is 24.0 Å². The van der Waals surface area contributed by atoms with Crippen LogP contribution in [0.3, 0.4) is 0 Å². The molecule has 1 N–H and O–H groups in total. The first-order valence-electron chi connectivity index (χ1n) is 11.2. The molecular formula is C25H31N5O3. The van der Waals surface area contributed by atoms with Crippen LogP contribution in [0.1, 0.15) is 52.3 Å². The van der Waals surface area contributed by atoms with Crippen molar-refractivity contribution in [2.45, 2.75) is 47.3 Å². The molecule has 0 atom stereocenters. The van der Waals surface area contributed by atoms with E-state index in [0.717, 1.165) is 30.8 Å². The summed E-state index contributed by atoms with van der Waals surface area (Å²) in [6.07, 6.45) is 0. The Labute approximate surface area is 194 Å². The van der Waals surface area contributed by atoms with Gasteiger partial charge in [-0.1, -0.05) is 50.2 Å². The molecule has 1 amide bonds. The van der Waals surface area contributed by atoms with Crippen molar-refractivity contribution in [3.63, 3.8) is 0 Å². The summed E-state index contributed by atoms with van der Waals surface area (Å²) in [4.78, 5) is 25.8. The summed E-state index contributed by atoms with van der Waals surface area (Å²) in [5, 5.41) is 18.5. The van der Waals surface area contributed by atoms with Gasteiger partial charge in [-0.25, -0.2) is 0 Å². The number of nitrogens with zero attached hydrogens (tertiary/aromatic N) is 4. The summed E-state index contributed by atoms with van der Waals surface area (Å²) in [7, 11) is 0. The number of amides is 1. The van der Waals surface area contributed by atoms with Gasteiger partial charge in [-0.15, -0.1) is 0 Å². The number of hydrogen-bond donors (Lipinski definition) is 1. The van der Waals surface area contributed by atoms with E-state index in [1.165, 1.54) is 5.56 Å². The Balaban J connectivity index is 1.64. The molecule has 3 rings (SSSR count). The highest BCUT2D eigenvalue weighted by molar-refractivity contribution is 5.94. The van der Waals surface area contributed by atoms with E-state index in [4.69, 9.17) is 0 Å². The molecule has 0 unspecified atom stereocenters. The van der Waals surface area contributed by atoms with E-state index in [0.29, 0.717) is 30.0 Å². The van der Waals surface area contributed by atoms with Crippen molar-refractivity contribution in [3.8, 4) is 0 Å². The highest BCUT2D eigenvalue weighted by atomic mass is 16.6. The molecule has 0 spiro atoms. The van der Waals surface area contributed by atoms with Gasteiger partial charge >= 0.3 is 5.69 Å². The molecule has 8 nitrogen and oxygen atoms in total. The molecule has 8 heteroatoms. The Hall–Kier alpha value is -3.52. The molecule has 0 fully saturated rings. The van der Waals surface area contributed by atoms with E-state index in [2.05, 4.69) is 41.3 Å². The van der Waals surface area contributed by atoms with Crippen molar-refractivity contribution in [1.29, 1.82) is 0 Å². The average Bonchev–Trinajstić information content (AvgIpc) is 3.09. The molecule has 0 saturated carbocycles. The van der Waals surface area contributed by atoms with Crippen LogP contribution in [-0.4, -0.2) is 38.6 Å². The monoisotopic (exact) mass is 449 g/mol. The van der Waals surface area contributed by atoms with Crippen molar-refractivity contribution in [2.75, 3.05) is 13.1 Å². The first-order chi connectivity index (χ1) is 15.8. The van der Waals surface area contributed by atoms with E-state index in [1.54, 1.807) is 30.7 Å². The van der Waals surface area contributed by atoms with Gasteiger partial charge < -0.3 is 5.32 Å². The van der Waals surface area contributed by atoms with Gasteiger partial charge in [0, 0.05) is 18.7 Å². The van der Waals surface area contributed by atoms with Crippen molar-refractivity contribution in [3.05, 3.63) is 92.3 Å². The number of rotatable bonds is 10. The molecule has 3 aromatic rings. The van der Waals surface area contributed by atoms with Crippen LogP contribution in [-0.2, 0) is 19.6 Å². The lowest BCUT2D eigenvalue weighted by Gasteiger charge is -2.20. The Morgan fingerprint density at radius 3 is 2.27 bits per heavy atom. The van der Waals surface area contributed by atoms with E-state index in [1.807, 2.05) is 24.3 Å². The Morgan fingerprint density at radius 1 is 1.06 bits per heavy atom. The summed E-state index contributed by atoms with van der Waals surface area (Å²) in [6.45, 7) is 11.3. The fourth-order valence-electron chi connectivity index (χ4n) is 3.89. The Kier molecular flexibility index (Phi) is 7.95. The second-order valence-corrected chi connectivity index (χ2v) is 8.04. The highest BCUT2D eigenvalue weighted by Crippen LogP contribution is 2.22. The number of nitrogens with one attached hydrogen (secondary N) is 1. The molecule has 1 heterocycles. The summed E-state index contributed by atoms with van der Waals surface area (Å²) in [5.74, 6) is -0.138. The second kappa shape index (κ2) is 10.9. The third-order valence-electron chi connectivity index (χ3n) is 5.92. The predicted octanol–water partition coefficient (Wildman–Crippen LogP) is 4.23. The summed E-state index contributed by atoms with van der Waals surface area (Å²) in [5.41, 5.74) is 4.78. The lowest BCUT2D eigenvalue weighted by molar-refractivity contribution is -0.386. The third-order valence-corrected chi connectivity index (χ3v) is 5.92. The summed E-state index contributed by atoms with van der Waals surface area (Å²) >= 11 is 0. The zero-order chi connectivity index (χ0) is 24.0. The standard InChI is InChI=1S/C25H31N5O3/c1-5-28(6-2)17-23-10-8-7-9-22(23)15-26-25(31)21-13-11-20(12-14-21)16-29-19(4)24(30(32)33)18(3)27-29/h7-14H,5-6,15-17H2,1-4H3,(H,26,31). The van der Waals surface area contributed by atoms with Gasteiger partial charge in [-0.05, 0) is 55.8 Å². The molecule has 0 aliphatic carbocycles. The Morgan fingerprint density at radius 2 is 1.70 bits per heavy atom. The van der Waals surface area contributed by atoms with E-state index in [-0.39, 0.29) is 11.6 Å². The number of nitro groups is 1. The highest BCUT2D eigenvalue weighted by Gasteiger charge is 2.21. The molecule has 0 aliphatic heterocycles. The van der Waals surface area contributed by atoms with Crippen LogP contribution in [0.5, 0.6) is 0 Å². The molecule has 174 valence electrons. The number of hydrogen-bond acceptors (Lipinski definition) is 5. The zero-order valence-corrected chi connectivity index (χ0v) is 19.7. The number of aromatic nitrogens is 2. The average molecular weight is 450 g/mol. The molecule has 2 aromatic carbocycles. The topological polar surface area (TPSA) is 93.3 Å². The van der Waals surface area contributed by atoms with Crippen LogP contribution in [0.2, 0.25) is 0 Å².